The number of hydrogen-bond acceptors (Lipinski definition) is 4. The van der Waals surface area contributed by atoms with Crippen LogP contribution in [0.4, 0.5) is 0 Å². The molecular formula is C22H32O4. The Balaban J connectivity index is 1.38. The van der Waals surface area contributed by atoms with Gasteiger partial charge in [-0.3, -0.25) is 4.79 Å². The van der Waals surface area contributed by atoms with Crippen molar-refractivity contribution in [2.75, 3.05) is 6.79 Å². The van der Waals surface area contributed by atoms with Crippen molar-refractivity contribution in [2.24, 2.45) is 17.8 Å². The zero-order valence-electron chi connectivity index (χ0n) is 16.1. The lowest BCUT2D eigenvalue weighted by Gasteiger charge is -2.26. The Kier molecular flexibility index (Phi) is 6.95. The first-order valence-electron chi connectivity index (χ1n) is 10.2. The van der Waals surface area contributed by atoms with E-state index < -0.39 is 0 Å². The standard InChI is InChI=1S/C22H32O4/c1-16-3-7-18(8-4-16)22(23)26-21-13-11-20(12-14-21)25-15-24-19-9-5-17(2)6-10-19/h11-14,16-19H,3-10,15H2,1-2H3. The molecule has 4 nitrogen and oxygen atoms in total. The van der Waals surface area contributed by atoms with Gasteiger partial charge < -0.3 is 14.2 Å². The van der Waals surface area contributed by atoms with Gasteiger partial charge in [0, 0.05) is 0 Å². The molecule has 0 radical (unpaired) electrons. The average Bonchev–Trinajstić information content (AvgIpc) is 2.65. The zero-order chi connectivity index (χ0) is 18.4. The molecule has 0 bridgehead atoms. The maximum absolute atomic E-state index is 12.3. The second-order valence-corrected chi connectivity index (χ2v) is 8.16. The lowest BCUT2D eigenvalue weighted by molar-refractivity contribution is -0.140. The fourth-order valence-electron chi connectivity index (χ4n) is 3.89. The number of rotatable bonds is 6. The summed E-state index contributed by atoms with van der Waals surface area (Å²) >= 11 is 0. The Morgan fingerprint density at radius 3 is 2.00 bits per heavy atom. The maximum atomic E-state index is 12.3. The fourth-order valence-corrected chi connectivity index (χ4v) is 3.89. The Bertz CT molecular complexity index is 552. The third kappa shape index (κ3) is 5.73. The summed E-state index contributed by atoms with van der Waals surface area (Å²) in [6, 6.07) is 7.25. The molecule has 4 heteroatoms. The first-order valence-corrected chi connectivity index (χ1v) is 10.2. The summed E-state index contributed by atoms with van der Waals surface area (Å²) in [7, 11) is 0. The Morgan fingerprint density at radius 1 is 0.846 bits per heavy atom. The summed E-state index contributed by atoms with van der Waals surface area (Å²) in [5.74, 6) is 2.83. The van der Waals surface area contributed by atoms with E-state index in [1.54, 1.807) is 12.1 Å². The highest BCUT2D eigenvalue weighted by Crippen LogP contribution is 2.30. The molecular weight excluding hydrogens is 328 g/mol. The second-order valence-electron chi connectivity index (χ2n) is 8.16. The van der Waals surface area contributed by atoms with Gasteiger partial charge >= 0.3 is 5.97 Å². The van der Waals surface area contributed by atoms with Gasteiger partial charge in [0.1, 0.15) is 11.5 Å². The van der Waals surface area contributed by atoms with Gasteiger partial charge in [0.15, 0.2) is 6.79 Å². The molecule has 0 saturated heterocycles. The van der Waals surface area contributed by atoms with Crippen LogP contribution in [-0.4, -0.2) is 18.9 Å². The van der Waals surface area contributed by atoms with E-state index in [2.05, 4.69) is 13.8 Å². The van der Waals surface area contributed by atoms with Crippen molar-refractivity contribution in [2.45, 2.75) is 71.3 Å². The van der Waals surface area contributed by atoms with Crippen LogP contribution in [0.2, 0.25) is 0 Å². The minimum Gasteiger partial charge on any atom is -0.468 e. The molecule has 2 aliphatic rings. The summed E-state index contributed by atoms with van der Waals surface area (Å²) in [5, 5.41) is 0. The van der Waals surface area contributed by atoms with Crippen LogP contribution in [0.1, 0.15) is 65.2 Å². The van der Waals surface area contributed by atoms with Gasteiger partial charge in [-0.15, -0.1) is 0 Å². The van der Waals surface area contributed by atoms with Gasteiger partial charge in [0.05, 0.1) is 12.0 Å². The number of carbonyl (C=O) groups excluding carboxylic acids is 1. The average molecular weight is 360 g/mol. The minimum atomic E-state index is -0.0968. The molecule has 0 amide bonds. The molecule has 0 atom stereocenters. The van der Waals surface area contributed by atoms with Gasteiger partial charge in [-0.1, -0.05) is 13.8 Å². The van der Waals surface area contributed by atoms with Crippen LogP contribution in [-0.2, 0) is 9.53 Å². The maximum Gasteiger partial charge on any atom is 0.314 e. The quantitative estimate of drug-likeness (QED) is 0.390. The first-order chi connectivity index (χ1) is 12.6. The summed E-state index contributed by atoms with van der Waals surface area (Å²) in [6.07, 6.45) is 9.17. The van der Waals surface area contributed by atoms with Crippen LogP contribution < -0.4 is 9.47 Å². The second kappa shape index (κ2) is 9.40. The highest BCUT2D eigenvalue weighted by atomic mass is 16.7. The zero-order valence-corrected chi connectivity index (χ0v) is 16.1. The Morgan fingerprint density at radius 2 is 1.38 bits per heavy atom. The van der Waals surface area contributed by atoms with E-state index in [0.29, 0.717) is 11.9 Å². The van der Waals surface area contributed by atoms with Crippen molar-refractivity contribution in [1.82, 2.24) is 0 Å². The van der Waals surface area contributed by atoms with Crippen LogP contribution in [0, 0.1) is 17.8 Å². The highest BCUT2D eigenvalue weighted by molar-refractivity contribution is 5.75. The van der Waals surface area contributed by atoms with E-state index in [4.69, 9.17) is 14.2 Å². The third-order valence-electron chi connectivity index (χ3n) is 5.88. The molecule has 1 aromatic rings. The fraction of sp³-hybridized carbons (Fsp3) is 0.682. The molecule has 0 N–H and O–H groups in total. The van der Waals surface area contributed by atoms with Crippen molar-refractivity contribution in [3.05, 3.63) is 24.3 Å². The molecule has 0 aliphatic heterocycles. The predicted molar refractivity (Wildman–Crippen MR) is 101 cm³/mol. The molecule has 2 aliphatic carbocycles. The molecule has 0 heterocycles. The van der Waals surface area contributed by atoms with Crippen molar-refractivity contribution >= 4 is 5.97 Å². The van der Waals surface area contributed by atoms with Crippen molar-refractivity contribution < 1.29 is 19.0 Å². The topological polar surface area (TPSA) is 44.8 Å². The summed E-state index contributed by atoms with van der Waals surface area (Å²) in [4.78, 5) is 12.3. The number of ether oxygens (including phenoxy) is 3. The smallest absolute Gasteiger partial charge is 0.314 e. The van der Waals surface area contributed by atoms with Crippen molar-refractivity contribution in [1.29, 1.82) is 0 Å². The van der Waals surface area contributed by atoms with Gasteiger partial charge in [0.25, 0.3) is 0 Å². The van der Waals surface area contributed by atoms with Crippen LogP contribution >= 0.6 is 0 Å². The van der Waals surface area contributed by atoms with Crippen molar-refractivity contribution in [3.63, 3.8) is 0 Å². The molecule has 0 aromatic heterocycles. The normalized spacial score (nSPS) is 29.2. The number of carbonyl (C=O) groups is 1. The SMILES string of the molecule is CC1CCC(OCOc2ccc(OC(=O)C3CCC(C)CC3)cc2)CC1. The lowest BCUT2D eigenvalue weighted by Crippen LogP contribution is -2.24. The molecule has 2 fully saturated rings. The number of benzene rings is 1. The monoisotopic (exact) mass is 360 g/mol. The van der Waals surface area contributed by atoms with Gasteiger partial charge in [0.2, 0.25) is 0 Å². The highest BCUT2D eigenvalue weighted by Gasteiger charge is 2.26. The largest absolute Gasteiger partial charge is 0.468 e. The van der Waals surface area contributed by atoms with Crippen molar-refractivity contribution in [3.8, 4) is 11.5 Å². The summed E-state index contributed by atoms with van der Waals surface area (Å²) in [6.45, 7) is 4.83. The van der Waals surface area contributed by atoms with Crippen LogP contribution in [0.25, 0.3) is 0 Å². The predicted octanol–water partition coefficient (Wildman–Crippen LogP) is 5.35. The molecule has 0 unspecified atom stereocenters. The molecule has 144 valence electrons. The van der Waals surface area contributed by atoms with Crippen LogP contribution in [0.3, 0.4) is 0 Å². The molecule has 3 rings (SSSR count). The lowest BCUT2D eigenvalue weighted by atomic mass is 9.83. The third-order valence-corrected chi connectivity index (χ3v) is 5.88. The number of esters is 1. The minimum absolute atomic E-state index is 0.0498. The first kappa shape index (κ1) is 19.2. The van der Waals surface area contributed by atoms with Crippen LogP contribution in [0.5, 0.6) is 11.5 Å². The van der Waals surface area contributed by atoms with Gasteiger partial charge in [-0.05, 0) is 87.5 Å². The molecule has 1 aromatic carbocycles. The Labute approximate surface area is 157 Å². The molecule has 2 saturated carbocycles. The van der Waals surface area contributed by atoms with Crippen LogP contribution in [0.15, 0.2) is 24.3 Å². The van der Waals surface area contributed by atoms with E-state index >= 15 is 0 Å². The van der Waals surface area contributed by atoms with Gasteiger partial charge in [-0.2, -0.15) is 0 Å². The van der Waals surface area contributed by atoms with E-state index in [1.807, 2.05) is 12.1 Å². The van der Waals surface area contributed by atoms with E-state index in [-0.39, 0.29) is 18.7 Å². The number of hydrogen-bond donors (Lipinski definition) is 0. The van der Waals surface area contributed by atoms with Gasteiger partial charge in [-0.25, -0.2) is 0 Å². The van der Waals surface area contributed by atoms with E-state index in [9.17, 15) is 4.79 Å². The summed E-state index contributed by atoms with van der Waals surface area (Å²) in [5.41, 5.74) is 0. The Hall–Kier alpha value is -1.55. The van der Waals surface area contributed by atoms with E-state index in [1.165, 1.54) is 12.8 Å². The molecule has 0 spiro atoms. The molecule has 26 heavy (non-hydrogen) atoms. The van der Waals surface area contributed by atoms with E-state index in [0.717, 1.165) is 56.1 Å². The summed E-state index contributed by atoms with van der Waals surface area (Å²) < 4.78 is 17.0.